The highest BCUT2D eigenvalue weighted by Crippen LogP contribution is 2.13. The molecule has 0 radical (unpaired) electrons. The average molecular weight is 311 g/mol. The van der Waals surface area contributed by atoms with Crippen molar-refractivity contribution in [3.8, 4) is 0 Å². The lowest BCUT2D eigenvalue weighted by Crippen LogP contribution is -2.22. The molecule has 0 heterocycles. The molecule has 0 amide bonds. The molecule has 0 aliphatic carbocycles. The summed E-state index contributed by atoms with van der Waals surface area (Å²) in [7, 11) is 4.13. The molecule has 0 atom stereocenters. The zero-order valence-corrected chi connectivity index (χ0v) is 14.1. The van der Waals surface area contributed by atoms with Crippen LogP contribution in [0.25, 0.3) is 0 Å². The minimum Gasteiger partial charge on any atom is -0.481 e. The van der Waals surface area contributed by atoms with Gasteiger partial charge in [-0.2, -0.15) is 0 Å². The number of carboxylic acids is 2. The first-order chi connectivity index (χ1) is 10.2. The Morgan fingerprint density at radius 1 is 1.00 bits per heavy atom. The number of rotatable bonds is 11. The number of carboxylic acid groups (broad SMARTS) is 2. The summed E-state index contributed by atoms with van der Waals surface area (Å²) >= 11 is 0. The zero-order valence-electron chi connectivity index (χ0n) is 14.1. The molecule has 0 bridgehead atoms. The van der Waals surface area contributed by atoms with Gasteiger partial charge in [-0.05, 0) is 66.6 Å². The first-order valence-electron chi connectivity index (χ1n) is 7.65. The van der Waals surface area contributed by atoms with Crippen LogP contribution in [0.1, 0.15) is 46.0 Å². The third-order valence-corrected chi connectivity index (χ3v) is 3.51. The number of hydrogen-bond acceptors (Lipinski definition) is 3. The Kier molecular flexibility index (Phi) is 10.2. The molecule has 2 N–H and O–H groups in total. The molecule has 126 valence electrons. The Bertz CT molecular complexity index is 410. The van der Waals surface area contributed by atoms with Crippen molar-refractivity contribution in [3.05, 3.63) is 23.3 Å². The van der Waals surface area contributed by atoms with Gasteiger partial charge in [-0.3, -0.25) is 9.59 Å². The van der Waals surface area contributed by atoms with Crippen molar-refractivity contribution < 1.29 is 19.8 Å². The van der Waals surface area contributed by atoms with Crippen LogP contribution in [0, 0.1) is 5.92 Å². The largest absolute Gasteiger partial charge is 0.481 e. The van der Waals surface area contributed by atoms with Crippen LogP contribution in [-0.4, -0.2) is 47.7 Å². The minimum atomic E-state index is -1.35. The second-order valence-electron chi connectivity index (χ2n) is 6.01. The van der Waals surface area contributed by atoms with Crippen LogP contribution in [0.5, 0.6) is 0 Å². The molecule has 0 unspecified atom stereocenters. The summed E-state index contributed by atoms with van der Waals surface area (Å²) in [4.78, 5) is 23.7. The van der Waals surface area contributed by atoms with Crippen LogP contribution in [0.3, 0.4) is 0 Å². The summed E-state index contributed by atoms with van der Waals surface area (Å²) in [6.45, 7) is 5.12. The van der Waals surface area contributed by atoms with Crippen molar-refractivity contribution >= 4 is 11.9 Å². The summed E-state index contributed by atoms with van der Waals surface area (Å²) in [5, 5.41) is 17.6. The van der Waals surface area contributed by atoms with Crippen LogP contribution in [0.15, 0.2) is 23.3 Å². The molecule has 0 aromatic rings. The van der Waals surface area contributed by atoms with Crippen LogP contribution in [-0.2, 0) is 9.59 Å². The Labute approximate surface area is 133 Å². The molecule has 0 saturated heterocycles. The molecular weight excluding hydrogens is 282 g/mol. The SMILES string of the molecule is C/C(=C\CC(C(=O)O)C(=O)O)CC/C=C(\C)CCCN(C)C. The van der Waals surface area contributed by atoms with E-state index >= 15 is 0 Å². The quantitative estimate of drug-likeness (QED) is 0.452. The van der Waals surface area contributed by atoms with E-state index in [2.05, 4.69) is 32.0 Å². The Hall–Kier alpha value is -1.62. The van der Waals surface area contributed by atoms with Crippen LogP contribution in [0.4, 0.5) is 0 Å². The summed E-state index contributed by atoms with van der Waals surface area (Å²) in [5.74, 6) is -3.92. The van der Waals surface area contributed by atoms with Gasteiger partial charge in [0.1, 0.15) is 0 Å². The second-order valence-corrected chi connectivity index (χ2v) is 6.01. The molecule has 0 spiro atoms. The van der Waals surface area contributed by atoms with E-state index in [1.807, 2.05) is 6.92 Å². The first-order valence-corrected chi connectivity index (χ1v) is 7.65. The highest BCUT2D eigenvalue weighted by Gasteiger charge is 2.23. The molecule has 22 heavy (non-hydrogen) atoms. The van der Waals surface area contributed by atoms with E-state index in [1.54, 1.807) is 6.08 Å². The van der Waals surface area contributed by atoms with E-state index in [0.29, 0.717) is 0 Å². The first kappa shape index (κ1) is 20.4. The van der Waals surface area contributed by atoms with E-state index in [9.17, 15) is 9.59 Å². The van der Waals surface area contributed by atoms with Crippen LogP contribution < -0.4 is 0 Å². The molecule has 5 heteroatoms. The van der Waals surface area contributed by atoms with Gasteiger partial charge in [0.2, 0.25) is 0 Å². The van der Waals surface area contributed by atoms with Gasteiger partial charge in [0, 0.05) is 0 Å². The predicted octanol–water partition coefficient (Wildman–Crippen LogP) is 3.18. The number of carbonyl (C=O) groups is 2. The molecule has 0 aromatic carbocycles. The molecule has 0 aliphatic heterocycles. The molecule has 0 fully saturated rings. The number of hydrogen-bond donors (Lipinski definition) is 2. The summed E-state index contributed by atoms with van der Waals surface area (Å²) in [5.41, 5.74) is 2.40. The lowest BCUT2D eigenvalue weighted by molar-refractivity contribution is -0.154. The summed E-state index contributed by atoms with van der Waals surface area (Å²) in [6, 6.07) is 0. The maximum Gasteiger partial charge on any atom is 0.318 e. The molecule has 0 rings (SSSR count). The Balaban J connectivity index is 4.15. The van der Waals surface area contributed by atoms with Gasteiger partial charge in [0.15, 0.2) is 5.92 Å². The third-order valence-electron chi connectivity index (χ3n) is 3.51. The minimum absolute atomic E-state index is 0.0437. The summed E-state index contributed by atoms with van der Waals surface area (Å²) in [6.07, 6.45) is 7.94. The zero-order chi connectivity index (χ0) is 17.1. The Morgan fingerprint density at radius 3 is 2.05 bits per heavy atom. The maximum absolute atomic E-state index is 10.8. The number of aliphatic carboxylic acids is 2. The van der Waals surface area contributed by atoms with Crippen molar-refractivity contribution in [2.45, 2.75) is 46.0 Å². The van der Waals surface area contributed by atoms with E-state index < -0.39 is 17.9 Å². The Morgan fingerprint density at radius 2 is 1.55 bits per heavy atom. The topological polar surface area (TPSA) is 77.8 Å². The van der Waals surface area contributed by atoms with Gasteiger partial charge in [-0.15, -0.1) is 0 Å². The monoisotopic (exact) mass is 311 g/mol. The van der Waals surface area contributed by atoms with Crippen molar-refractivity contribution in [3.63, 3.8) is 0 Å². The fourth-order valence-electron chi connectivity index (χ4n) is 2.05. The van der Waals surface area contributed by atoms with Crippen molar-refractivity contribution in [1.29, 1.82) is 0 Å². The molecule has 5 nitrogen and oxygen atoms in total. The van der Waals surface area contributed by atoms with E-state index in [4.69, 9.17) is 10.2 Å². The van der Waals surface area contributed by atoms with Crippen molar-refractivity contribution in [2.24, 2.45) is 5.92 Å². The molecule has 0 aliphatic rings. The number of nitrogens with zero attached hydrogens (tertiary/aromatic N) is 1. The van der Waals surface area contributed by atoms with Gasteiger partial charge in [-0.25, -0.2) is 0 Å². The molecule has 0 saturated carbocycles. The smallest absolute Gasteiger partial charge is 0.318 e. The van der Waals surface area contributed by atoms with Gasteiger partial charge in [0.25, 0.3) is 0 Å². The van der Waals surface area contributed by atoms with Gasteiger partial charge < -0.3 is 15.1 Å². The lowest BCUT2D eigenvalue weighted by Gasteiger charge is -2.09. The molecule has 0 aromatic heterocycles. The fraction of sp³-hybridized carbons (Fsp3) is 0.647. The van der Waals surface area contributed by atoms with Crippen LogP contribution in [0.2, 0.25) is 0 Å². The van der Waals surface area contributed by atoms with E-state index in [-0.39, 0.29) is 6.42 Å². The predicted molar refractivity (Wildman–Crippen MR) is 87.9 cm³/mol. The van der Waals surface area contributed by atoms with Crippen LogP contribution >= 0.6 is 0 Å². The van der Waals surface area contributed by atoms with Crippen molar-refractivity contribution in [2.75, 3.05) is 20.6 Å². The fourth-order valence-corrected chi connectivity index (χ4v) is 2.05. The average Bonchev–Trinajstić information content (AvgIpc) is 2.37. The van der Waals surface area contributed by atoms with Gasteiger partial charge in [-0.1, -0.05) is 23.3 Å². The molecular formula is C17H29NO4. The standard InChI is InChI=1S/C17H29NO4/c1-13(9-6-12-18(3)4)7-5-8-14(2)10-11-15(16(19)20)17(21)22/h7,10,15H,5-6,8-9,11-12H2,1-4H3,(H,19,20)(H,21,22)/b13-7+,14-10+. The van der Waals surface area contributed by atoms with Crippen molar-refractivity contribution in [1.82, 2.24) is 4.90 Å². The third kappa shape index (κ3) is 10.2. The summed E-state index contributed by atoms with van der Waals surface area (Å²) < 4.78 is 0. The normalized spacial score (nSPS) is 13.0. The van der Waals surface area contributed by atoms with E-state index in [0.717, 1.165) is 37.8 Å². The number of allylic oxidation sites excluding steroid dienone is 4. The van der Waals surface area contributed by atoms with E-state index in [1.165, 1.54) is 5.57 Å². The van der Waals surface area contributed by atoms with Gasteiger partial charge >= 0.3 is 11.9 Å². The lowest BCUT2D eigenvalue weighted by atomic mass is 10.0. The second kappa shape index (κ2) is 11.0. The highest BCUT2D eigenvalue weighted by atomic mass is 16.4. The highest BCUT2D eigenvalue weighted by molar-refractivity contribution is 5.93. The maximum atomic E-state index is 10.8. The van der Waals surface area contributed by atoms with Gasteiger partial charge in [0.05, 0.1) is 0 Å².